The van der Waals surface area contributed by atoms with Crippen molar-refractivity contribution in [2.24, 2.45) is 10.9 Å². The van der Waals surface area contributed by atoms with Gasteiger partial charge in [0.2, 0.25) is 0 Å². The van der Waals surface area contributed by atoms with E-state index in [0.717, 1.165) is 18.5 Å². The summed E-state index contributed by atoms with van der Waals surface area (Å²) < 4.78 is 0. The highest BCUT2D eigenvalue weighted by Crippen LogP contribution is 2.25. The maximum atomic E-state index is 8.64. The molecule has 0 radical (unpaired) electrons. The summed E-state index contributed by atoms with van der Waals surface area (Å²) in [4.78, 5) is 2.17. The van der Waals surface area contributed by atoms with E-state index in [-0.39, 0.29) is 5.84 Å². The number of oxime groups is 1. The smallest absolute Gasteiger partial charge is 0.171 e. The molecule has 18 heavy (non-hydrogen) atoms. The van der Waals surface area contributed by atoms with Crippen LogP contribution in [0.15, 0.2) is 23.4 Å². The van der Waals surface area contributed by atoms with Crippen molar-refractivity contribution in [3.63, 3.8) is 0 Å². The van der Waals surface area contributed by atoms with Crippen molar-refractivity contribution >= 4 is 23.1 Å². The van der Waals surface area contributed by atoms with Gasteiger partial charge in [-0.15, -0.1) is 0 Å². The normalized spacial score (nSPS) is 13.4. The second-order valence-corrected chi connectivity index (χ2v) is 4.81. The molecule has 0 aliphatic heterocycles. The van der Waals surface area contributed by atoms with Crippen LogP contribution in [0.3, 0.4) is 0 Å². The number of halogens is 1. The lowest BCUT2D eigenvalue weighted by Gasteiger charge is -2.27. The van der Waals surface area contributed by atoms with Crippen LogP contribution in [0.2, 0.25) is 5.02 Å². The van der Waals surface area contributed by atoms with Crippen LogP contribution in [0.5, 0.6) is 0 Å². The van der Waals surface area contributed by atoms with Crippen molar-refractivity contribution in [2.45, 2.75) is 32.7 Å². The molecule has 0 aliphatic carbocycles. The third kappa shape index (κ3) is 3.29. The molecule has 0 spiro atoms. The summed E-state index contributed by atoms with van der Waals surface area (Å²) in [6, 6.07) is 5.97. The number of nitrogens with zero attached hydrogens (tertiary/aromatic N) is 2. The zero-order valence-electron chi connectivity index (χ0n) is 11.0. The molecular formula is C13H20ClN3O. The fraction of sp³-hybridized carbons (Fsp3) is 0.462. The molecule has 1 aromatic carbocycles. The zero-order valence-corrected chi connectivity index (χ0v) is 11.8. The van der Waals surface area contributed by atoms with Crippen LogP contribution in [0.1, 0.15) is 32.3 Å². The average Bonchev–Trinajstić information content (AvgIpc) is 2.37. The van der Waals surface area contributed by atoms with Crippen LogP contribution in [0, 0.1) is 0 Å². The molecule has 1 unspecified atom stereocenters. The van der Waals surface area contributed by atoms with E-state index in [1.54, 1.807) is 6.07 Å². The number of amidine groups is 1. The molecule has 4 nitrogen and oxygen atoms in total. The Bertz CT molecular complexity index is 434. The van der Waals surface area contributed by atoms with Crippen LogP contribution in [-0.4, -0.2) is 24.1 Å². The fourth-order valence-corrected chi connectivity index (χ4v) is 2.12. The molecule has 100 valence electrons. The molecule has 0 saturated carbocycles. The van der Waals surface area contributed by atoms with Crippen LogP contribution in [-0.2, 0) is 0 Å². The Morgan fingerprint density at radius 3 is 2.72 bits per heavy atom. The lowest BCUT2D eigenvalue weighted by atomic mass is 10.1. The summed E-state index contributed by atoms with van der Waals surface area (Å²) in [7, 11) is 2.04. The minimum absolute atomic E-state index is 0.0239. The van der Waals surface area contributed by atoms with Gasteiger partial charge in [-0.3, -0.25) is 0 Å². The lowest BCUT2D eigenvalue weighted by molar-refractivity contribution is 0.318. The lowest BCUT2D eigenvalue weighted by Crippen LogP contribution is -2.28. The third-order valence-electron chi connectivity index (χ3n) is 3.11. The van der Waals surface area contributed by atoms with E-state index >= 15 is 0 Å². The number of benzene rings is 1. The first-order chi connectivity index (χ1) is 8.51. The van der Waals surface area contributed by atoms with Gasteiger partial charge in [0.05, 0.1) is 5.02 Å². The van der Waals surface area contributed by atoms with E-state index in [1.165, 1.54) is 0 Å². The Morgan fingerprint density at radius 1 is 1.56 bits per heavy atom. The molecule has 1 atom stereocenters. The first-order valence-electron chi connectivity index (χ1n) is 6.01. The molecule has 3 N–H and O–H groups in total. The average molecular weight is 270 g/mol. The van der Waals surface area contributed by atoms with Gasteiger partial charge in [-0.2, -0.15) is 0 Å². The van der Waals surface area contributed by atoms with Crippen molar-refractivity contribution in [2.75, 3.05) is 11.9 Å². The van der Waals surface area contributed by atoms with Crippen molar-refractivity contribution in [3.8, 4) is 0 Å². The van der Waals surface area contributed by atoms with Gasteiger partial charge in [0.1, 0.15) is 0 Å². The van der Waals surface area contributed by atoms with Crippen LogP contribution >= 0.6 is 11.6 Å². The van der Waals surface area contributed by atoms with Crippen LogP contribution in [0.4, 0.5) is 5.69 Å². The molecule has 0 saturated heterocycles. The second kappa shape index (κ2) is 6.50. The van der Waals surface area contributed by atoms with Crippen molar-refractivity contribution in [3.05, 3.63) is 28.8 Å². The van der Waals surface area contributed by atoms with Gasteiger partial charge in [-0.25, -0.2) is 0 Å². The van der Waals surface area contributed by atoms with Crippen LogP contribution in [0.25, 0.3) is 0 Å². The molecule has 1 aromatic rings. The number of anilines is 1. The van der Waals surface area contributed by atoms with Gasteiger partial charge >= 0.3 is 0 Å². The standard InChI is InChI=1S/C13H20ClN3O/c1-4-5-9(2)17(3)10-6-7-11(12(14)8-10)13(15)16-18/h6-9,18H,4-5H2,1-3H3,(H2,15,16). The van der Waals surface area contributed by atoms with Crippen molar-refractivity contribution < 1.29 is 5.21 Å². The molecule has 5 heteroatoms. The summed E-state index contributed by atoms with van der Waals surface area (Å²) in [5, 5.41) is 12.1. The zero-order chi connectivity index (χ0) is 13.7. The molecular weight excluding hydrogens is 250 g/mol. The maximum Gasteiger partial charge on any atom is 0.171 e. The summed E-state index contributed by atoms with van der Waals surface area (Å²) in [5.74, 6) is 0.0239. The SMILES string of the molecule is CCCC(C)N(C)c1ccc(C(N)=NO)c(Cl)c1. The molecule has 0 aliphatic rings. The summed E-state index contributed by atoms with van der Waals surface area (Å²) >= 11 is 6.13. The highest BCUT2D eigenvalue weighted by Gasteiger charge is 2.12. The van der Waals surface area contributed by atoms with Gasteiger partial charge in [0.25, 0.3) is 0 Å². The van der Waals surface area contributed by atoms with Gasteiger partial charge < -0.3 is 15.8 Å². The Morgan fingerprint density at radius 2 is 2.22 bits per heavy atom. The van der Waals surface area contributed by atoms with E-state index in [1.807, 2.05) is 19.2 Å². The summed E-state index contributed by atoms with van der Waals surface area (Å²) in [6.07, 6.45) is 2.26. The predicted molar refractivity (Wildman–Crippen MR) is 76.7 cm³/mol. The highest BCUT2D eigenvalue weighted by atomic mass is 35.5. The monoisotopic (exact) mass is 269 g/mol. The summed E-state index contributed by atoms with van der Waals surface area (Å²) in [5.41, 5.74) is 7.10. The minimum Gasteiger partial charge on any atom is -0.409 e. The molecule has 0 amide bonds. The number of hydrogen-bond acceptors (Lipinski definition) is 3. The van der Waals surface area contributed by atoms with Crippen molar-refractivity contribution in [1.29, 1.82) is 0 Å². The topological polar surface area (TPSA) is 61.8 Å². The second-order valence-electron chi connectivity index (χ2n) is 4.40. The molecule has 0 heterocycles. The Hall–Kier alpha value is -1.42. The largest absolute Gasteiger partial charge is 0.409 e. The van der Waals surface area contributed by atoms with E-state index in [2.05, 4.69) is 23.9 Å². The minimum atomic E-state index is 0.0239. The summed E-state index contributed by atoms with van der Waals surface area (Å²) in [6.45, 7) is 4.34. The van der Waals surface area contributed by atoms with E-state index < -0.39 is 0 Å². The molecule has 0 aromatic heterocycles. The van der Waals surface area contributed by atoms with E-state index in [0.29, 0.717) is 16.6 Å². The first-order valence-corrected chi connectivity index (χ1v) is 6.39. The number of hydrogen-bond donors (Lipinski definition) is 2. The van der Waals surface area contributed by atoms with Crippen molar-refractivity contribution in [1.82, 2.24) is 0 Å². The predicted octanol–water partition coefficient (Wildman–Crippen LogP) is 3.06. The van der Waals surface area contributed by atoms with E-state index in [4.69, 9.17) is 22.5 Å². The molecule has 0 bridgehead atoms. The quantitative estimate of drug-likeness (QED) is 0.374. The maximum absolute atomic E-state index is 8.64. The fourth-order valence-electron chi connectivity index (χ4n) is 1.85. The number of rotatable bonds is 5. The Labute approximate surface area is 113 Å². The Kier molecular flexibility index (Phi) is 5.28. The van der Waals surface area contributed by atoms with Gasteiger partial charge in [0, 0.05) is 24.3 Å². The van der Waals surface area contributed by atoms with E-state index in [9.17, 15) is 0 Å². The number of nitrogens with two attached hydrogens (primary N) is 1. The molecule has 0 fully saturated rings. The van der Waals surface area contributed by atoms with Gasteiger partial charge in [0.15, 0.2) is 5.84 Å². The third-order valence-corrected chi connectivity index (χ3v) is 3.42. The van der Waals surface area contributed by atoms with Gasteiger partial charge in [-0.1, -0.05) is 30.1 Å². The van der Waals surface area contributed by atoms with Gasteiger partial charge in [-0.05, 0) is 31.5 Å². The molecule has 1 rings (SSSR count). The Balaban J connectivity index is 2.97. The highest BCUT2D eigenvalue weighted by molar-refractivity contribution is 6.34. The van der Waals surface area contributed by atoms with Crippen LogP contribution < -0.4 is 10.6 Å². The first kappa shape index (κ1) is 14.6.